The topological polar surface area (TPSA) is 3.24 Å². The van der Waals surface area contributed by atoms with Gasteiger partial charge in [0.15, 0.2) is 0 Å². The lowest BCUT2D eigenvalue weighted by atomic mass is 9.51. The van der Waals surface area contributed by atoms with Crippen LogP contribution >= 0.6 is 0 Å². The lowest BCUT2D eigenvalue weighted by molar-refractivity contribution is -0.0449. The van der Waals surface area contributed by atoms with Gasteiger partial charge in [-0.3, -0.25) is 0 Å². The number of likely N-dealkylation sites (tertiary alicyclic amines) is 1. The molecule has 1 heterocycles. The highest BCUT2D eigenvalue weighted by Gasteiger charge is 2.55. The maximum Gasteiger partial charge on any atom is 0.00407 e. The van der Waals surface area contributed by atoms with Gasteiger partial charge in [0, 0.05) is 13.1 Å². The molecular formula is C23H39N. The first kappa shape index (κ1) is 16.2. The summed E-state index contributed by atoms with van der Waals surface area (Å²) >= 11 is 0. The van der Waals surface area contributed by atoms with E-state index in [1.54, 1.807) is 38.5 Å². The summed E-state index contributed by atoms with van der Waals surface area (Å²) in [5.41, 5.74) is 1.16. The van der Waals surface area contributed by atoms with Gasteiger partial charge in [0.2, 0.25) is 0 Å². The van der Waals surface area contributed by atoms with Crippen LogP contribution in [0.4, 0.5) is 0 Å². The molecule has 1 saturated heterocycles. The van der Waals surface area contributed by atoms with Gasteiger partial charge in [0.25, 0.3) is 0 Å². The van der Waals surface area contributed by atoms with Gasteiger partial charge in [-0.15, -0.1) is 0 Å². The van der Waals surface area contributed by atoms with Gasteiger partial charge in [-0.05, 0) is 111 Å². The zero-order chi connectivity index (χ0) is 16.5. The van der Waals surface area contributed by atoms with Crippen LogP contribution in [-0.2, 0) is 0 Å². The Hall–Kier alpha value is -0.0400. The van der Waals surface area contributed by atoms with Crippen molar-refractivity contribution < 1.29 is 0 Å². The monoisotopic (exact) mass is 329 g/mol. The lowest BCUT2D eigenvalue weighted by Gasteiger charge is -2.55. The zero-order valence-corrected chi connectivity index (χ0v) is 16.4. The predicted molar refractivity (Wildman–Crippen MR) is 101 cm³/mol. The van der Waals surface area contributed by atoms with Crippen molar-refractivity contribution in [1.82, 2.24) is 4.90 Å². The summed E-state index contributed by atoms with van der Waals surface area (Å²) in [6.07, 6.45) is 14.0. The summed E-state index contributed by atoms with van der Waals surface area (Å²) in [4.78, 5) is 2.86. The van der Waals surface area contributed by atoms with Crippen LogP contribution in [0.3, 0.4) is 0 Å². The molecule has 5 saturated carbocycles. The molecule has 0 N–H and O–H groups in total. The third-order valence-electron chi connectivity index (χ3n) is 10.1. The van der Waals surface area contributed by atoms with E-state index in [0.717, 1.165) is 35.5 Å². The highest BCUT2D eigenvalue weighted by molar-refractivity contribution is 5.06. The molecular weight excluding hydrogens is 290 g/mol. The van der Waals surface area contributed by atoms with Crippen molar-refractivity contribution in [2.24, 2.45) is 46.3 Å². The van der Waals surface area contributed by atoms with E-state index in [0.29, 0.717) is 10.8 Å². The van der Waals surface area contributed by atoms with Crippen LogP contribution in [0.5, 0.6) is 0 Å². The van der Waals surface area contributed by atoms with E-state index in [4.69, 9.17) is 0 Å². The molecule has 6 aliphatic rings. The third-order valence-corrected chi connectivity index (χ3v) is 10.1. The number of hydrogen-bond donors (Lipinski definition) is 0. The van der Waals surface area contributed by atoms with E-state index in [1.165, 1.54) is 38.9 Å². The van der Waals surface area contributed by atoms with Gasteiger partial charge in [0.05, 0.1) is 0 Å². The molecule has 136 valence electrons. The highest BCUT2D eigenvalue weighted by Crippen LogP contribution is 2.59. The van der Waals surface area contributed by atoms with E-state index >= 15 is 0 Å². The fourth-order valence-corrected chi connectivity index (χ4v) is 8.37. The SMILES string of the molecule is CC1(C)C2CC[C@]1(C)CN(CCCC1C3CC4CC(C3)CC1C4)C2. The molecule has 2 atom stereocenters. The number of rotatable bonds is 4. The van der Waals surface area contributed by atoms with Crippen molar-refractivity contribution in [3.05, 3.63) is 0 Å². The summed E-state index contributed by atoms with van der Waals surface area (Å²) in [6.45, 7) is 11.8. The van der Waals surface area contributed by atoms with Crippen molar-refractivity contribution >= 4 is 0 Å². The van der Waals surface area contributed by atoms with E-state index in [9.17, 15) is 0 Å². The van der Waals surface area contributed by atoms with Gasteiger partial charge in [-0.2, -0.15) is 0 Å². The van der Waals surface area contributed by atoms with E-state index < -0.39 is 0 Å². The first-order valence-corrected chi connectivity index (χ1v) is 11.2. The minimum atomic E-state index is 0.574. The predicted octanol–water partition coefficient (Wildman–Crippen LogP) is 5.60. The van der Waals surface area contributed by atoms with Crippen LogP contribution in [0, 0.1) is 46.3 Å². The minimum Gasteiger partial charge on any atom is -0.302 e. The van der Waals surface area contributed by atoms with E-state index in [-0.39, 0.29) is 0 Å². The van der Waals surface area contributed by atoms with Crippen LogP contribution in [0.15, 0.2) is 0 Å². The van der Waals surface area contributed by atoms with Crippen molar-refractivity contribution in [3.63, 3.8) is 0 Å². The molecule has 24 heavy (non-hydrogen) atoms. The first-order chi connectivity index (χ1) is 11.4. The molecule has 1 unspecified atom stereocenters. The Labute approximate surface area is 149 Å². The number of fused-ring (bicyclic) bond motifs is 2. The number of piperidine rings is 1. The van der Waals surface area contributed by atoms with Gasteiger partial charge >= 0.3 is 0 Å². The molecule has 0 aromatic heterocycles. The minimum absolute atomic E-state index is 0.574. The molecule has 6 bridgehead atoms. The molecule has 1 heteroatoms. The largest absolute Gasteiger partial charge is 0.302 e. The second kappa shape index (κ2) is 5.48. The number of nitrogens with zero attached hydrogens (tertiary/aromatic N) is 1. The van der Waals surface area contributed by atoms with Crippen LogP contribution in [-0.4, -0.2) is 24.5 Å². The Morgan fingerprint density at radius 1 is 0.917 bits per heavy atom. The molecule has 0 aromatic carbocycles. The standard InChI is InChI=1S/C23H39N/c1-22(2)20-6-7-23(22,3)15-24(14-20)8-4-5-21-18-10-16-9-17(12-18)13-19(21)11-16/h16-21H,4-15H2,1-3H3/t16?,17?,18?,19?,20?,21?,23-/m1/s1. The summed E-state index contributed by atoms with van der Waals surface area (Å²) in [6, 6.07) is 0. The van der Waals surface area contributed by atoms with Gasteiger partial charge in [-0.1, -0.05) is 20.8 Å². The quantitative estimate of drug-likeness (QED) is 0.649. The summed E-state index contributed by atoms with van der Waals surface area (Å²) in [5, 5.41) is 0. The molecule has 0 amide bonds. The fourth-order valence-electron chi connectivity index (χ4n) is 8.37. The van der Waals surface area contributed by atoms with Crippen LogP contribution in [0.25, 0.3) is 0 Å². The Kier molecular flexibility index (Phi) is 3.69. The Morgan fingerprint density at radius 2 is 1.58 bits per heavy atom. The molecule has 6 rings (SSSR count). The molecule has 1 nitrogen and oxygen atoms in total. The highest BCUT2D eigenvalue weighted by atomic mass is 15.2. The average Bonchev–Trinajstić information content (AvgIpc) is 2.66. The molecule has 0 aromatic rings. The maximum absolute atomic E-state index is 2.86. The van der Waals surface area contributed by atoms with Gasteiger partial charge in [-0.25, -0.2) is 0 Å². The van der Waals surface area contributed by atoms with Gasteiger partial charge in [0.1, 0.15) is 0 Å². The third kappa shape index (κ3) is 2.36. The second-order valence-corrected chi connectivity index (χ2v) is 11.5. The molecule has 0 spiro atoms. The van der Waals surface area contributed by atoms with Crippen molar-refractivity contribution in [2.75, 3.05) is 19.6 Å². The van der Waals surface area contributed by atoms with Crippen molar-refractivity contribution in [3.8, 4) is 0 Å². The van der Waals surface area contributed by atoms with E-state index in [1.807, 2.05) is 0 Å². The molecule has 0 radical (unpaired) electrons. The van der Waals surface area contributed by atoms with Crippen LogP contribution < -0.4 is 0 Å². The molecule has 1 aliphatic heterocycles. The fraction of sp³-hybridized carbons (Fsp3) is 1.00. The zero-order valence-electron chi connectivity index (χ0n) is 16.4. The maximum atomic E-state index is 2.86. The van der Waals surface area contributed by atoms with E-state index in [2.05, 4.69) is 25.7 Å². The normalized spacial score (nSPS) is 52.1. The Bertz CT molecular complexity index is 466. The van der Waals surface area contributed by atoms with Crippen LogP contribution in [0.2, 0.25) is 0 Å². The summed E-state index contributed by atoms with van der Waals surface area (Å²) in [7, 11) is 0. The lowest BCUT2D eigenvalue weighted by Crippen LogP contribution is -2.52. The van der Waals surface area contributed by atoms with Crippen LogP contribution in [0.1, 0.15) is 78.6 Å². The van der Waals surface area contributed by atoms with Crippen molar-refractivity contribution in [2.45, 2.75) is 78.6 Å². The molecule has 6 fully saturated rings. The average molecular weight is 330 g/mol. The Balaban J connectivity index is 1.16. The first-order valence-electron chi connectivity index (χ1n) is 11.2. The second-order valence-electron chi connectivity index (χ2n) is 11.5. The molecule has 5 aliphatic carbocycles. The smallest absolute Gasteiger partial charge is 0.00407 e. The van der Waals surface area contributed by atoms with Gasteiger partial charge < -0.3 is 4.90 Å². The number of hydrogen-bond acceptors (Lipinski definition) is 1. The van der Waals surface area contributed by atoms with Crippen molar-refractivity contribution in [1.29, 1.82) is 0 Å². The Morgan fingerprint density at radius 3 is 2.21 bits per heavy atom. The summed E-state index contributed by atoms with van der Waals surface area (Å²) in [5.74, 6) is 6.63. The summed E-state index contributed by atoms with van der Waals surface area (Å²) < 4.78 is 0.